The average molecular weight is 574 g/mol. The van der Waals surface area contributed by atoms with Crippen molar-refractivity contribution in [1.29, 1.82) is 0 Å². The van der Waals surface area contributed by atoms with Gasteiger partial charge in [0.1, 0.15) is 11.4 Å². The molecule has 0 spiro atoms. The molecule has 3 aromatic carbocycles. The lowest BCUT2D eigenvalue weighted by atomic mass is 10.1. The predicted molar refractivity (Wildman–Crippen MR) is 142 cm³/mol. The molecular formula is C28H23ClF3N3O5. The van der Waals surface area contributed by atoms with Gasteiger partial charge in [-0.3, -0.25) is 14.4 Å². The zero-order valence-corrected chi connectivity index (χ0v) is 21.9. The maximum absolute atomic E-state index is 13.3. The largest absolute Gasteiger partial charge is 0.495 e. The van der Waals surface area contributed by atoms with Crippen LogP contribution in [0.4, 0.5) is 18.9 Å². The van der Waals surface area contributed by atoms with Crippen LogP contribution in [-0.2, 0) is 33.5 Å². The number of hydrogen-bond donors (Lipinski definition) is 1. The molecule has 4 rings (SSSR count). The van der Waals surface area contributed by atoms with Crippen molar-refractivity contribution in [3.05, 3.63) is 98.9 Å². The van der Waals surface area contributed by atoms with E-state index in [0.29, 0.717) is 10.8 Å². The number of nitrogens with one attached hydrogen (secondary N) is 1. The Hall–Kier alpha value is -4.38. The molecular weight excluding hydrogens is 551 g/mol. The molecule has 1 heterocycles. The summed E-state index contributed by atoms with van der Waals surface area (Å²) >= 11 is 5.94. The minimum atomic E-state index is -4.60. The van der Waals surface area contributed by atoms with Gasteiger partial charge in [-0.25, -0.2) is 4.98 Å². The number of alkyl halides is 3. The number of esters is 1. The van der Waals surface area contributed by atoms with Crippen LogP contribution in [0.2, 0.25) is 5.02 Å². The van der Waals surface area contributed by atoms with Crippen LogP contribution in [0.3, 0.4) is 0 Å². The van der Waals surface area contributed by atoms with Crippen LogP contribution in [0.5, 0.6) is 5.75 Å². The summed E-state index contributed by atoms with van der Waals surface area (Å²) in [5.41, 5.74) is -0.337. The molecule has 0 saturated heterocycles. The minimum Gasteiger partial charge on any atom is -0.495 e. The molecule has 0 aliphatic carbocycles. The number of methoxy groups -OCH3 is 1. The third-order valence-corrected chi connectivity index (χ3v) is 6.13. The van der Waals surface area contributed by atoms with Crippen LogP contribution in [-0.4, -0.2) is 35.1 Å². The Balaban J connectivity index is 1.50. The number of anilines is 1. The normalized spacial score (nSPS) is 11.3. The van der Waals surface area contributed by atoms with E-state index >= 15 is 0 Å². The number of carbonyl (C=O) groups is 2. The van der Waals surface area contributed by atoms with E-state index in [4.69, 9.17) is 21.1 Å². The third kappa shape index (κ3) is 6.97. The van der Waals surface area contributed by atoms with Crippen LogP contribution < -0.4 is 15.6 Å². The number of aromatic nitrogens is 2. The second-order valence-corrected chi connectivity index (χ2v) is 9.13. The summed E-state index contributed by atoms with van der Waals surface area (Å²) in [6.07, 6.45) is -5.13. The van der Waals surface area contributed by atoms with Gasteiger partial charge in [0.15, 0.2) is 6.61 Å². The van der Waals surface area contributed by atoms with Crippen molar-refractivity contribution in [2.75, 3.05) is 19.0 Å². The summed E-state index contributed by atoms with van der Waals surface area (Å²) in [4.78, 5) is 42.0. The van der Waals surface area contributed by atoms with E-state index < -0.39 is 35.8 Å². The fraction of sp³-hybridized carbons (Fsp3) is 0.214. The smallest absolute Gasteiger partial charge is 0.416 e. The van der Waals surface area contributed by atoms with Gasteiger partial charge >= 0.3 is 12.1 Å². The number of hydrogen-bond acceptors (Lipinski definition) is 6. The van der Waals surface area contributed by atoms with Gasteiger partial charge in [-0.15, -0.1) is 0 Å². The molecule has 0 aliphatic rings. The molecule has 1 amide bonds. The van der Waals surface area contributed by atoms with Gasteiger partial charge in [-0.2, -0.15) is 13.2 Å². The zero-order chi connectivity index (χ0) is 28.9. The summed E-state index contributed by atoms with van der Waals surface area (Å²) in [6.45, 7) is -0.526. The Labute approximate surface area is 231 Å². The van der Waals surface area contributed by atoms with Crippen LogP contribution >= 0.6 is 11.6 Å². The molecule has 0 unspecified atom stereocenters. The quantitative estimate of drug-likeness (QED) is 0.275. The second-order valence-electron chi connectivity index (χ2n) is 8.69. The van der Waals surface area contributed by atoms with Crippen LogP contribution in [0.15, 0.2) is 71.5 Å². The van der Waals surface area contributed by atoms with Crippen molar-refractivity contribution in [2.24, 2.45) is 0 Å². The summed E-state index contributed by atoms with van der Waals surface area (Å²) in [5, 5.41) is 2.88. The Kier molecular flexibility index (Phi) is 8.73. The van der Waals surface area contributed by atoms with Gasteiger partial charge in [0.05, 0.1) is 42.4 Å². The standard InChI is InChI=1S/C28H23ClF3N3O5/c1-39-24-11-8-19(29)14-22(24)34-25(36)16-40-26(37)12-9-20-27(38)35(15-17-5-3-2-4-6-17)23-10-7-18(28(30,31)32)13-21(23)33-20/h2-8,10-11,13-14H,9,12,15-16H2,1H3,(H,34,36). The van der Waals surface area contributed by atoms with Crippen molar-refractivity contribution in [1.82, 2.24) is 9.55 Å². The molecule has 1 N–H and O–H groups in total. The number of benzene rings is 3. The van der Waals surface area contributed by atoms with E-state index in [1.807, 2.05) is 0 Å². The Bertz CT molecular complexity index is 1610. The first kappa shape index (κ1) is 28.6. The highest BCUT2D eigenvalue weighted by atomic mass is 35.5. The Morgan fingerprint density at radius 1 is 1.05 bits per heavy atom. The first-order valence-corrected chi connectivity index (χ1v) is 12.4. The van der Waals surface area contributed by atoms with E-state index in [0.717, 1.165) is 17.7 Å². The van der Waals surface area contributed by atoms with Gasteiger partial charge in [-0.05, 0) is 42.0 Å². The molecule has 0 fully saturated rings. The zero-order valence-electron chi connectivity index (χ0n) is 21.1. The third-order valence-electron chi connectivity index (χ3n) is 5.89. The van der Waals surface area contributed by atoms with Gasteiger partial charge in [0.25, 0.3) is 11.5 Å². The highest BCUT2D eigenvalue weighted by molar-refractivity contribution is 6.31. The molecule has 0 saturated carbocycles. The minimum absolute atomic E-state index is 0.0384. The van der Waals surface area contributed by atoms with Crippen molar-refractivity contribution in [3.63, 3.8) is 0 Å². The molecule has 0 aliphatic heterocycles. The van der Waals surface area contributed by atoms with Crippen LogP contribution in [0, 0.1) is 0 Å². The molecule has 0 radical (unpaired) electrons. The number of amides is 1. The maximum atomic E-state index is 13.3. The van der Waals surface area contributed by atoms with E-state index in [-0.39, 0.29) is 41.8 Å². The molecule has 0 atom stereocenters. The lowest BCUT2D eigenvalue weighted by molar-refractivity contribution is -0.147. The van der Waals surface area contributed by atoms with Crippen molar-refractivity contribution in [2.45, 2.75) is 25.6 Å². The van der Waals surface area contributed by atoms with Gasteiger partial charge in [0.2, 0.25) is 0 Å². The van der Waals surface area contributed by atoms with E-state index in [9.17, 15) is 27.6 Å². The number of fused-ring (bicyclic) bond motifs is 1. The molecule has 208 valence electrons. The summed E-state index contributed by atoms with van der Waals surface area (Å²) in [6, 6.07) is 16.5. The average Bonchev–Trinajstić information content (AvgIpc) is 2.92. The first-order chi connectivity index (χ1) is 19.0. The van der Waals surface area contributed by atoms with Gasteiger partial charge < -0.3 is 19.4 Å². The maximum Gasteiger partial charge on any atom is 0.416 e. The number of aryl methyl sites for hydroxylation is 1. The summed E-state index contributed by atoms with van der Waals surface area (Å²) in [7, 11) is 1.41. The van der Waals surface area contributed by atoms with Crippen LogP contribution in [0.1, 0.15) is 23.2 Å². The number of ether oxygens (including phenoxy) is 2. The van der Waals surface area contributed by atoms with E-state index in [1.54, 1.807) is 42.5 Å². The van der Waals surface area contributed by atoms with E-state index in [1.165, 1.54) is 23.8 Å². The predicted octanol–water partition coefficient (Wildman–Crippen LogP) is 5.24. The van der Waals surface area contributed by atoms with Gasteiger partial charge in [-0.1, -0.05) is 41.9 Å². The molecule has 12 heteroatoms. The molecule has 4 aromatic rings. The molecule has 8 nitrogen and oxygen atoms in total. The Morgan fingerprint density at radius 3 is 2.50 bits per heavy atom. The lowest BCUT2D eigenvalue weighted by Crippen LogP contribution is -2.27. The fourth-order valence-electron chi connectivity index (χ4n) is 3.96. The fourth-order valence-corrected chi connectivity index (χ4v) is 4.14. The number of nitrogens with zero attached hydrogens (tertiary/aromatic N) is 2. The van der Waals surface area contributed by atoms with Crippen molar-refractivity contribution >= 4 is 40.2 Å². The van der Waals surface area contributed by atoms with Crippen LogP contribution in [0.25, 0.3) is 11.0 Å². The van der Waals surface area contributed by atoms with Crippen molar-refractivity contribution < 1.29 is 32.2 Å². The molecule has 0 bridgehead atoms. The topological polar surface area (TPSA) is 99.5 Å². The van der Waals surface area contributed by atoms with Gasteiger partial charge in [0, 0.05) is 11.4 Å². The summed E-state index contributed by atoms with van der Waals surface area (Å²) in [5.74, 6) is -1.09. The Morgan fingerprint density at radius 2 is 1.80 bits per heavy atom. The monoisotopic (exact) mass is 573 g/mol. The van der Waals surface area contributed by atoms with Crippen molar-refractivity contribution in [3.8, 4) is 5.75 Å². The lowest BCUT2D eigenvalue weighted by Gasteiger charge is -2.14. The summed E-state index contributed by atoms with van der Waals surface area (Å²) < 4.78 is 51.5. The molecule has 40 heavy (non-hydrogen) atoms. The molecule has 1 aromatic heterocycles. The second kappa shape index (κ2) is 12.2. The first-order valence-electron chi connectivity index (χ1n) is 12.0. The highest BCUT2D eigenvalue weighted by Crippen LogP contribution is 2.31. The number of carbonyl (C=O) groups excluding carboxylic acids is 2. The number of rotatable bonds is 9. The van der Waals surface area contributed by atoms with E-state index in [2.05, 4.69) is 10.3 Å². The number of halogens is 4. The SMILES string of the molecule is COc1ccc(Cl)cc1NC(=O)COC(=O)CCc1nc2cc(C(F)(F)F)ccc2n(Cc2ccccc2)c1=O. The highest BCUT2D eigenvalue weighted by Gasteiger charge is 2.31.